The molecular weight excluding hydrogens is 192 g/mol. The van der Waals surface area contributed by atoms with E-state index in [1.54, 1.807) is 0 Å². The quantitative estimate of drug-likeness (QED) is 0.607. The van der Waals surface area contributed by atoms with E-state index in [0.29, 0.717) is 0 Å². The normalized spacial score (nSPS) is 14.7. The molecule has 0 radical (unpaired) electrons. The monoisotopic (exact) mass is 206 g/mol. The first-order valence-electron chi connectivity index (χ1n) is 4.00. The molecule has 0 aliphatic heterocycles. The molecule has 0 heterocycles. The fraction of sp³-hybridized carbons (Fsp3) is 0.750. The lowest BCUT2D eigenvalue weighted by atomic mass is 10.1. The molecule has 0 bridgehead atoms. The van der Waals surface area contributed by atoms with Gasteiger partial charge in [-0.1, -0.05) is 0 Å². The van der Waals surface area contributed by atoms with Gasteiger partial charge in [-0.05, 0) is 0 Å². The Bertz CT molecular complexity index is 180. The third-order valence-electron chi connectivity index (χ3n) is 1.77. The van der Waals surface area contributed by atoms with Crippen LogP contribution in [-0.4, -0.2) is 48.6 Å². The summed E-state index contributed by atoms with van der Waals surface area (Å²) in [7, 11) is 2.64. The molecule has 14 heavy (non-hydrogen) atoms. The zero-order valence-corrected chi connectivity index (χ0v) is 8.10. The van der Waals surface area contributed by atoms with Gasteiger partial charge in [0.2, 0.25) is 0 Å². The lowest BCUT2D eigenvalue weighted by Gasteiger charge is -2.21. The Morgan fingerprint density at radius 3 is 1.43 bits per heavy atom. The number of hydrogen-bond donors (Lipinski definition) is 2. The van der Waals surface area contributed by atoms with E-state index in [-0.39, 0.29) is 12.8 Å². The van der Waals surface area contributed by atoms with Crippen molar-refractivity contribution in [3.05, 3.63) is 0 Å². The second kappa shape index (κ2) is 6.33. The molecule has 0 unspecified atom stereocenters. The average molecular weight is 206 g/mol. The van der Waals surface area contributed by atoms with Crippen molar-refractivity contribution in [3.8, 4) is 0 Å². The molecule has 6 heteroatoms. The molecule has 2 atom stereocenters. The van der Waals surface area contributed by atoms with Crippen LogP contribution >= 0.6 is 0 Å². The van der Waals surface area contributed by atoms with Crippen LogP contribution in [0.5, 0.6) is 0 Å². The summed E-state index contributed by atoms with van der Waals surface area (Å²) in [6.45, 7) is 0. The molecule has 0 amide bonds. The van der Waals surface area contributed by atoms with Gasteiger partial charge in [0.15, 0.2) is 0 Å². The molecule has 0 spiro atoms. The van der Waals surface area contributed by atoms with Crippen molar-refractivity contribution in [2.75, 3.05) is 14.2 Å². The molecule has 0 aliphatic rings. The summed E-state index contributed by atoms with van der Waals surface area (Å²) in [6, 6.07) is 0. The molecule has 2 N–H and O–H groups in total. The standard InChI is InChI=1S/C8H14O6/c1-13-5(3-7(9)10)6(14-2)4-8(11)12/h5-6H,3-4H2,1-2H3,(H,9,10)(H,11,12)/t5-,6-/m1/s1. The summed E-state index contributed by atoms with van der Waals surface area (Å²) >= 11 is 0. The molecule has 0 aromatic carbocycles. The predicted molar refractivity (Wildman–Crippen MR) is 46.1 cm³/mol. The first-order chi connectivity index (χ1) is 6.51. The number of aliphatic carboxylic acids is 2. The zero-order chi connectivity index (χ0) is 11.1. The Labute approximate surface area is 81.4 Å². The molecule has 0 aliphatic carbocycles. The number of hydrogen-bond acceptors (Lipinski definition) is 4. The highest BCUT2D eigenvalue weighted by atomic mass is 16.5. The summed E-state index contributed by atoms with van der Waals surface area (Å²) < 4.78 is 9.69. The van der Waals surface area contributed by atoms with Gasteiger partial charge in [-0.2, -0.15) is 0 Å². The second-order valence-corrected chi connectivity index (χ2v) is 2.74. The van der Waals surface area contributed by atoms with Crippen LogP contribution in [0.1, 0.15) is 12.8 Å². The van der Waals surface area contributed by atoms with Gasteiger partial charge in [0.25, 0.3) is 0 Å². The molecule has 0 fully saturated rings. The molecule has 0 rings (SSSR count). The Morgan fingerprint density at radius 2 is 1.29 bits per heavy atom. The van der Waals surface area contributed by atoms with E-state index >= 15 is 0 Å². The molecular formula is C8H14O6. The van der Waals surface area contributed by atoms with E-state index in [0.717, 1.165) is 0 Å². The second-order valence-electron chi connectivity index (χ2n) is 2.74. The van der Waals surface area contributed by atoms with E-state index in [2.05, 4.69) is 0 Å². The molecule has 0 saturated heterocycles. The minimum Gasteiger partial charge on any atom is -0.481 e. The van der Waals surface area contributed by atoms with Crippen LogP contribution in [0.2, 0.25) is 0 Å². The van der Waals surface area contributed by atoms with Crippen molar-refractivity contribution in [2.45, 2.75) is 25.0 Å². The number of carboxylic acids is 2. The maximum Gasteiger partial charge on any atom is 0.306 e. The summed E-state index contributed by atoms with van der Waals surface area (Å²) in [5.41, 5.74) is 0. The number of carbonyl (C=O) groups is 2. The maximum absolute atomic E-state index is 10.4. The van der Waals surface area contributed by atoms with Crippen molar-refractivity contribution in [3.63, 3.8) is 0 Å². The van der Waals surface area contributed by atoms with E-state index in [1.165, 1.54) is 14.2 Å². The Morgan fingerprint density at radius 1 is 1.00 bits per heavy atom. The Balaban J connectivity index is 4.28. The lowest BCUT2D eigenvalue weighted by molar-refractivity contribution is -0.149. The van der Waals surface area contributed by atoms with Gasteiger partial charge < -0.3 is 19.7 Å². The minimum absolute atomic E-state index is 0.276. The highest BCUT2D eigenvalue weighted by Gasteiger charge is 2.25. The topological polar surface area (TPSA) is 93.1 Å². The SMILES string of the molecule is CO[C@H](CC(=O)O)[C@@H](CC(=O)O)OC. The van der Waals surface area contributed by atoms with Gasteiger partial charge in [-0.15, -0.1) is 0 Å². The number of rotatable bonds is 7. The van der Waals surface area contributed by atoms with Crippen molar-refractivity contribution in [1.29, 1.82) is 0 Å². The van der Waals surface area contributed by atoms with Crippen LogP contribution in [0, 0.1) is 0 Å². The zero-order valence-electron chi connectivity index (χ0n) is 8.10. The van der Waals surface area contributed by atoms with Gasteiger partial charge in [0.05, 0.1) is 25.0 Å². The summed E-state index contributed by atoms with van der Waals surface area (Å²) in [5, 5.41) is 17.0. The molecule has 0 aromatic rings. The van der Waals surface area contributed by atoms with Crippen LogP contribution in [0.4, 0.5) is 0 Å². The van der Waals surface area contributed by atoms with Crippen LogP contribution in [-0.2, 0) is 19.1 Å². The van der Waals surface area contributed by atoms with Gasteiger partial charge in [-0.3, -0.25) is 9.59 Å². The summed E-state index contributed by atoms with van der Waals surface area (Å²) in [4.78, 5) is 20.8. The highest BCUT2D eigenvalue weighted by Crippen LogP contribution is 2.10. The van der Waals surface area contributed by atoms with E-state index in [9.17, 15) is 9.59 Å². The third kappa shape index (κ3) is 4.78. The van der Waals surface area contributed by atoms with Crippen molar-refractivity contribution in [1.82, 2.24) is 0 Å². The average Bonchev–Trinajstić information content (AvgIpc) is 2.10. The molecule has 0 aromatic heterocycles. The van der Waals surface area contributed by atoms with Gasteiger partial charge >= 0.3 is 11.9 Å². The Kier molecular flexibility index (Phi) is 5.82. The Hall–Kier alpha value is -1.14. The van der Waals surface area contributed by atoms with E-state index in [1.807, 2.05) is 0 Å². The molecule has 82 valence electrons. The van der Waals surface area contributed by atoms with E-state index in [4.69, 9.17) is 19.7 Å². The van der Waals surface area contributed by atoms with Gasteiger partial charge in [0, 0.05) is 14.2 Å². The van der Waals surface area contributed by atoms with Crippen molar-refractivity contribution < 1.29 is 29.3 Å². The highest BCUT2D eigenvalue weighted by molar-refractivity contribution is 5.69. The van der Waals surface area contributed by atoms with Crippen molar-refractivity contribution >= 4 is 11.9 Å². The number of carboxylic acid groups (broad SMARTS) is 2. The van der Waals surface area contributed by atoms with Crippen LogP contribution in [0.25, 0.3) is 0 Å². The predicted octanol–water partition coefficient (Wildman–Crippen LogP) is -0.0342. The van der Waals surface area contributed by atoms with Gasteiger partial charge in [-0.25, -0.2) is 0 Å². The smallest absolute Gasteiger partial charge is 0.306 e. The van der Waals surface area contributed by atoms with Crippen LogP contribution < -0.4 is 0 Å². The number of ether oxygens (including phenoxy) is 2. The third-order valence-corrected chi connectivity index (χ3v) is 1.77. The van der Waals surface area contributed by atoms with Crippen LogP contribution in [0.3, 0.4) is 0 Å². The maximum atomic E-state index is 10.4. The summed E-state index contributed by atoms with van der Waals surface area (Å²) in [5.74, 6) is -2.10. The summed E-state index contributed by atoms with van der Waals surface area (Å²) in [6.07, 6.45) is -2.04. The fourth-order valence-corrected chi connectivity index (χ4v) is 1.08. The first kappa shape index (κ1) is 12.9. The minimum atomic E-state index is -1.05. The first-order valence-corrected chi connectivity index (χ1v) is 4.00. The largest absolute Gasteiger partial charge is 0.481 e. The van der Waals surface area contributed by atoms with E-state index < -0.39 is 24.1 Å². The fourth-order valence-electron chi connectivity index (χ4n) is 1.08. The molecule has 6 nitrogen and oxygen atoms in total. The van der Waals surface area contributed by atoms with Crippen LogP contribution in [0.15, 0.2) is 0 Å². The van der Waals surface area contributed by atoms with Gasteiger partial charge in [0.1, 0.15) is 0 Å². The molecule has 0 saturated carbocycles. The number of methoxy groups -OCH3 is 2. The lowest BCUT2D eigenvalue weighted by Crippen LogP contribution is -2.34. The van der Waals surface area contributed by atoms with Crippen molar-refractivity contribution in [2.24, 2.45) is 0 Å².